The molecule has 1 aliphatic rings. The van der Waals surface area contributed by atoms with Crippen LogP contribution in [0.4, 0.5) is 11.4 Å². The van der Waals surface area contributed by atoms with Crippen molar-refractivity contribution >= 4 is 29.1 Å². The summed E-state index contributed by atoms with van der Waals surface area (Å²) >= 11 is 0. The van der Waals surface area contributed by atoms with Crippen molar-refractivity contribution in [3.8, 4) is 0 Å². The Morgan fingerprint density at radius 1 is 1.16 bits per heavy atom. The second-order valence-corrected chi connectivity index (χ2v) is 6.20. The number of hydrogen-bond donors (Lipinski definition) is 1. The van der Waals surface area contributed by atoms with Crippen LogP contribution in [-0.4, -0.2) is 42.3 Å². The molecule has 0 radical (unpaired) electrons. The molecule has 6 heteroatoms. The average molecular weight is 345 g/mol. The van der Waals surface area contributed by atoms with Gasteiger partial charge in [0, 0.05) is 50.8 Å². The van der Waals surface area contributed by atoms with Gasteiger partial charge in [0.25, 0.3) is 0 Å². The Morgan fingerprint density at radius 2 is 1.88 bits per heavy atom. The van der Waals surface area contributed by atoms with Crippen LogP contribution in [0, 0.1) is 0 Å². The van der Waals surface area contributed by atoms with Crippen molar-refractivity contribution in [2.45, 2.75) is 46.5 Å². The number of carbonyl (C=O) groups excluding carboxylic acids is 3. The number of fused-ring (bicyclic) bond motifs is 1. The van der Waals surface area contributed by atoms with Crippen molar-refractivity contribution in [3.05, 3.63) is 23.8 Å². The van der Waals surface area contributed by atoms with Crippen molar-refractivity contribution < 1.29 is 14.4 Å². The Labute approximate surface area is 149 Å². The Kier molecular flexibility index (Phi) is 6.56. The number of benzene rings is 1. The molecule has 1 heterocycles. The van der Waals surface area contributed by atoms with Crippen LogP contribution >= 0.6 is 0 Å². The van der Waals surface area contributed by atoms with Crippen LogP contribution in [0.5, 0.6) is 0 Å². The lowest BCUT2D eigenvalue weighted by Crippen LogP contribution is -2.37. The van der Waals surface area contributed by atoms with E-state index in [4.69, 9.17) is 0 Å². The molecule has 0 saturated carbocycles. The maximum absolute atomic E-state index is 12.7. The summed E-state index contributed by atoms with van der Waals surface area (Å²) in [5, 5.41) is 2.84. The number of rotatable bonds is 6. The molecule has 1 aromatic carbocycles. The fourth-order valence-electron chi connectivity index (χ4n) is 3.27. The van der Waals surface area contributed by atoms with Gasteiger partial charge in [-0.15, -0.1) is 0 Å². The molecule has 0 saturated heterocycles. The molecule has 3 amide bonds. The zero-order valence-electron chi connectivity index (χ0n) is 15.3. The van der Waals surface area contributed by atoms with Crippen molar-refractivity contribution in [2.24, 2.45) is 0 Å². The highest BCUT2D eigenvalue weighted by Crippen LogP contribution is 2.33. The maximum Gasteiger partial charge on any atom is 0.227 e. The summed E-state index contributed by atoms with van der Waals surface area (Å²) in [6.45, 7) is 7.33. The topological polar surface area (TPSA) is 69.7 Å². The summed E-state index contributed by atoms with van der Waals surface area (Å²) in [6.07, 6.45) is 2.12. The summed E-state index contributed by atoms with van der Waals surface area (Å²) in [5.41, 5.74) is 2.60. The third-order valence-corrected chi connectivity index (χ3v) is 4.53. The molecular formula is C19H27N3O3. The lowest BCUT2D eigenvalue weighted by Gasteiger charge is -2.31. The molecule has 1 aliphatic heterocycles. The van der Waals surface area contributed by atoms with Crippen molar-refractivity contribution in [2.75, 3.05) is 29.9 Å². The second-order valence-electron chi connectivity index (χ2n) is 6.20. The Morgan fingerprint density at radius 3 is 2.52 bits per heavy atom. The average Bonchev–Trinajstić information content (AvgIpc) is 2.60. The van der Waals surface area contributed by atoms with Crippen molar-refractivity contribution in [3.63, 3.8) is 0 Å². The Hall–Kier alpha value is -2.37. The van der Waals surface area contributed by atoms with E-state index in [0.717, 1.165) is 29.8 Å². The van der Waals surface area contributed by atoms with Gasteiger partial charge in [0.15, 0.2) is 0 Å². The first-order chi connectivity index (χ1) is 12.0. The lowest BCUT2D eigenvalue weighted by molar-refractivity contribution is -0.132. The zero-order valence-corrected chi connectivity index (χ0v) is 15.3. The van der Waals surface area contributed by atoms with Crippen LogP contribution in [0.25, 0.3) is 0 Å². The highest BCUT2D eigenvalue weighted by molar-refractivity contribution is 5.98. The van der Waals surface area contributed by atoms with Gasteiger partial charge in [-0.05, 0) is 44.4 Å². The second kappa shape index (κ2) is 8.65. The van der Waals surface area contributed by atoms with Crippen molar-refractivity contribution in [1.29, 1.82) is 0 Å². The summed E-state index contributed by atoms with van der Waals surface area (Å²) < 4.78 is 0. The molecule has 0 unspecified atom stereocenters. The van der Waals surface area contributed by atoms with Gasteiger partial charge >= 0.3 is 0 Å². The van der Waals surface area contributed by atoms with Crippen LogP contribution < -0.4 is 10.2 Å². The molecule has 0 aliphatic carbocycles. The summed E-state index contributed by atoms with van der Waals surface area (Å²) in [6, 6.07) is 5.61. The fraction of sp³-hybridized carbons (Fsp3) is 0.526. The molecule has 0 atom stereocenters. The van der Waals surface area contributed by atoms with Crippen LogP contribution in [-0.2, 0) is 20.8 Å². The Bertz CT molecular complexity index is 653. The molecule has 1 aromatic rings. The predicted octanol–water partition coefficient (Wildman–Crippen LogP) is 2.57. The molecule has 6 nitrogen and oxygen atoms in total. The smallest absolute Gasteiger partial charge is 0.227 e. The third kappa shape index (κ3) is 4.59. The quantitative estimate of drug-likeness (QED) is 0.861. The first kappa shape index (κ1) is 19.0. The minimum atomic E-state index is -0.123. The number of nitrogens with one attached hydrogen (secondary N) is 1. The van der Waals surface area contributed by atoms with E-state index >= 15 is 0 Å². The van der Waals surface area contributed by atoms with E-state index in [1.54, 1.807) is 9.80 Å². The summed E-state index contributed by atoms with van der Waals surface area (Å²) in [4.78, 5) is 39.7. The maximum atomic E-state index is 12.7. The lowest BCUT2D eigenvalue weighted by atomic mass is 9.99. The van der Waals surface area contributed by atoms with Crippen LogP contribution in [0.15, 0.2) is 18.2 Å². The monoisotopic (exact) mass is 345 g/mol. The largest absolute Gasteiger partial charge is 0.343 e. The molecule has 1 N–H and O–H groups in total. The van der Waals surface area contributed by atoms with Gasteiger partial charge in [0.2, 0.25) is 17.7 Å². The van der Waals surface area contributed by atoms with E-state index in [1.807, 2.05) is 32.0 Å². The van der Waals surface area contributed by atoms with E-state index in [0.29, 0.717) is 19.6 Å². The standard InChI is InChI=1S/C19H27N3O3/c1-4-21(5-2)18(24)11-12-19(25)22-13-7-8-15-16(20-14(3)23)9-6-10-17(15)22/h6,9-10H,4-5,7-8,11-13H2,1-3H3,(H,20,23). The number of amides is 3. The molecule has 0 fully saturated rings. The van der Waals surface area contributed by atoms with E-state index in [9.17, 15) is 14.4 Å². The van der Waals surface area contributed by atoms with Gasteiger partial charge in [0.05, 0.1) is 0 Å². The highest BCUT2D eigenvalue weighted by Gasteiger charge is 2.25. The zero-order chi connectivity index (χ0) is 18.4. The number of carbonyl (C=O) groups is 3. The summed E-state index contributed by atoms with van der Waals surface area (Å²) in [5.74, 6) is -0.148. The molecule has 0 bridgehead atoms. The van der Waals surface area contributed by atoms with Gasteiger partial charge in [-0.2, -0.15) is 0 Å². The van der Waals surface area contributed by atoms with Gasteiger partial charge in [-0.25, -0.2) is 0 Å². The summed E-state index contributed by atoms with van der Waals surface area (Å²) in [7, 11) is 0. The van der Waals surface area contributed by atoms with Crippen LogP contribution in [0.3, 0.4) is 0 Å². The first-order valence-corrected chi connectivity index (χ1v) is 8.95. The SMILES string of the molecule is CCN(CC)C(=O)CCC(=O)N1CCCc2c(NC(C)=O)cccc21. The van der Waals surface area contributed by atoms with Gasteiger partial charge in [0.1, 0.15) is 0 Å². The molecule has 136 valence electrons. The fourth-order valence-corrected chi connectivity index (χ4v) is 3.27. The van der Waals surface area contributed by atoms with E-state index in [2.05, 4.69) is 5.32 Å². The van der Waals surface area contributed by atoms with Gasteiger partial charge in [-0.3, -0.25) is 14.4 Å². The third-order valence-electron chi connectivity index (χ3n) is 4.53. The first-order valence-electron chi connectivity index (χ1n) is 8.95. The number of anilines is 2. The number of hydrogen-bond acceptors (Lipinski definition) is 3. The van der Waals surface area contributed by atoms with E-state index in [-0.39, 0.29) is 30.6 Å². The Balaban J connectivity index is 2.10. The van der Waals surface area contributed by atoms with Gasteiger partial charge in [-0.1, -0.05) is 6.07 Å². The van der Waals surface area contributed by atoms with E-state index in [1.165, 1.54) is 6.92 Å². The molecule has 0 spiro atoms. The molecule has 25 heavy (non-hydrogen) atoms. The normalized spacial score (nSPS) is 13.2. The number of nitrogens with zero attached hydrogens (tertiary/aromatic N) is 2. The molecular weight excluding hydrogens is 318 g/mol. The minimum Gasteiger partial charge on any atom is -0.343 e. The molecule has 0 aromatic heterocycles. The predicted molar refractivity (Wildman–Crippen MR) is 98.6 cm³/mol. The van der Waals surface area contributed by atoms with Gasteiger partial charge < -0.3 is 15.1 Å². The van der Waals surface area contributed by atoms with Crippen LogP contribution in [0.2, 0.25) is 0 Å². The molecule has 2 rings (SSSR count). The van der Waals surface area contributed by atoms with E-state index < -0.39 is 0 Å². The minimum absolute atomic E-state index is 0.0163. The highest BCUT2D eigenvalue weighted by atomic mass is 16.2. The van der Waals surface area contributed by atoms with Crippen LogP contribution in [0.1, 0.15) is 45.6 Å². The van der Waals surface area contributed by atoms with Crippen molar-refractivity contribution in [1.82, 2.24) is 4.90 Å².